The van der Waals surface area contributed by atoms with E-state index in [1.54, 1.807) is 0 Å². The highest BCUT2D eigenvalue weighted by Crippen LogP contribution is 2.29. The molecule has 0 N–H and O–H groups in total. The Balaban J connectivity index is 2.71. The maximum absolute atomic E-state index is 12.3. The van der Waals surface area contributed by atoms with E-state index in [-0.39, 0.29) is 0 Å². The monoisotopic (exact) mass is 231 g/mol. The van der Waals surface area contributed by atoms with Crippen LogP contribution in [-0.2, 0) is 11.0 Å². The van der Waals surface area contributed by atoms with Gasteiger partial charge in [0, 0.05) is 0 Å². The maximum atomic E-state index is 12.3. The van der Waals surface area contributed by atoms with Gasteiger partial charge in [0.2, 0.25) is 0 Å². The van der Waals surface area contributed by atoms with E-state index in [1.807, 2.05) is 6.92 Å². The molecule has 0 unspecified atom stereocenters. The molecule has 2 nitrogen and oxygen atoms in total. The predicted molar refractivity (Wildman–Crippen MR) is 55.3 cm³/mol. The maximum Gasteiger partial charge on any atom is 0.416 e. The third-order valence-electron chi connectivity index (χ3n) is 1.79. The van der Waals surface area contributed by atoms with Gasteiger partial charge in [-0.1, -0.05) is 24.2 Å². The Hall–Kier alpha value is -1.52. The first-order chi connectivity index (χ1) is 7.54. The van der Waals surface area contributed by atoms with Gasteiger partial charge in [0.05, 0.1) is 11.8 Å². The van der Waals surface area contributed by atoms with E-state index in [2.05, 4.69) is 5.16 Å². The summed E-state index contributed by atoms with van der Waals surface area (Å²) in [5.41, 5.74) is -0.321. The van der Waals surface area contributed by atoms with Gasteiger partial charge in [0.15, 0.2) is 0 Å². The Morgan fingerprint density at radius 2 is 2.12 bits per heavy atom. The smallest absolute Gasteiger partial charge is 0.396 e. The largest absolute Gasteiger partial charge is 0.416 e. The first-order valence-corrected chi connectivity index (χ1v) is 4.86. The molecule has 0 aromatic heterocycles. The number of hydrogen-bond acceptors (Lipinski definition) is 2. The third-order valence-corrected chi connectivity index (χ3v) is 1.79. The number of rotatable bonds is 4. The number of alkyl halides is 3. The summed E-state index contributed by atoms with van der Waals surface area (Å²) in [6.45, 7) is 2.37. The van der Waals surface area contributed by atoms with Crippen LogP contribution in [0.15, 0.2) is 29.4 Å². The summed E-state index contributed by atoms with van der Waals surface area (Å²) in [5.74, 6) is 0. The summed E-state index contributed by atoms with van der Waals surface area (Å²) in [6.07, 6.45) is -2.25. The molecule has 0 aliphatic rings. The normalized spacial score (nSPS) is 12.0. The molecule has 0 bridgehead atoms. The molecular formula is C11H12F3NO. The second kappa shape index (κ2) is 5.53. The quantitative estimate of drug-likeness (QED) is 0.441. The summed E-state index contributed by atoms with van der Waals surface area (Å²) < 4.78 is 37.0. The molecule has 88 valence electrons. The molecule has 0 saturated heterocycles. The highest BCUT2D eigenvalue weighted by molar-refractivity contribution is 5.79. The molecule has 5 heteroatoms. The van der Waals surface area contributed by atoms with Crippen molar-refractivity contribution in [1.82, 2.24) is 0 Å². The van der Waals surface area contributed by atoms with Crippen LogP contribution in [-0.4, -0.2) is 12.8 Å². The van der Waals surface area contributed by atoms with Gasteiger partial charge < -0.3 is 4.84 Å². The molecule has 1 aromatic carbocycles. The fourth-order valence-corrected chi connectivity index (χ4v) is 1.04. The zero-order chi connectivity index (χ0) is 12.0. The Morgan fingerprint density at radius 3 is 2.75 bits per heavy atom. The van der Waals surface area contributed by atoms with Crippen LogP contribution >= 0.6 is 0 Å². The number of nitrogens with zero attached hydrogens (tertiary/aromatic N) is 1. The van der Waals surface area contributed by atoms with E-state index in [1.165, 1.54) is 18.3 Å². The minimum atomic E-state index is -4.33. The molecule has 0 atom stereocenters. The summed E-state index contributed by atoms with van der Waals surface area (Å²) in [6, 6.07) is 4.92. The molecule has 0 spiro atoms. The second-order valence-corrected chi connectivity index (χ2v) is 3.19. The lowest BCUT2D eigenvalue weighted by atomic mass is 10.1. The first kappa shape index (κ1) is 12.5. The van der Waals surface area contributed by atoms with Gasteiger partial charge in [-0.05, 0) is 24.1 Å². The highest BCUT2D eigenvalue weighted by atomic mass is 19.4. The average Bonchev–Trinajstić information content (AvgIpc) is 2.24. The van der Waals surface area contributed by atoms with Crippen molar-refractivity contribution >= 4 is 6.21 Å². The Kier molecular flexibility index (Phi) is 4.34. The van der Waals surface area contributed by atoms with Gasteiger partial charge in [-0.3, -0.25) is 0 Å². The van der Waals surface area contributed by atoms with Gasteiger partial charge in [-0.2, -0.15) is 13.2 Å². The molecule has 0 aliphatic heterocycles. The molecule has 0 saturated carbocycles. The Bertz CT molecular complexity index is 360. The van der Waals surface area contributed by atoms with Crippen LogP contribution < -0.4 is 0 Å². The van der Waals surface area contributed by atoms with Crippen molar-refractivity contribution in [1.29, 1.82) is 0 Å². The molecule has 0 heterocycles. The Morgan fingerprint density at radius 1 is 1.38 bits per heavy atom. The summed E-state index contributed by atoms with van der Waals surface area (Å²) in [5, 5.41) is 3.56. The third kappa shape index (κ3) is 3.92. The lowest BCUT2D eigenvalue weighted by molar-refractivity contribution is -0.137. The SMILES string of the molecule is CCCON=Cc1cccc(C(F)(F)F)c1. The molecule has 1 rings (SSSR count). The number of oxime groups is 1. The first-order valence-electron chi connectivity index (χ1n) is 4.86. The fraction of sp³-hybridized carbons (Fsp3) is 0.364. The van der Waals surface area contributed by atoms with E-state index < -0.39 is 11.7 Å². The van der Waals surface area contributed by atoms with E-state index in [4.69, 9.17) is 4.84 Å². The van der Waals surface area contributed by atoms with Gasteiger partial charge in [-0.15, -0.1) is 0 Å². The van der Waals surface area contributed by atoms with Crippen molar-refractivity contribution in [2.24, 2.45) is 5.16 Å². The lowest BCUT2D eigenvalue weighted by Gasteiger charge is -2.06. The van der Waals surface area contributed by atoms with Crippen LogP contribution in [0, 0.1) is 0 Å². The van der Waals surface area contributed by atoms with Crippen LogP contribution in [0.5, 0.6) is 0 Å². The molecule has 16 heavy (non-hydrogen) atoms. The van der Waals surface area contributed by atoms with E-state index in [0.29, 0.717) is 12.2 Å². The minimum absolute atomic E-state index is 0.367. The van der Waals surface area contributed by atoms with Crippen molar-refractivity contribution in [3.63, 3.8) is 0 Å². The van der Waals surface area contributed by atoms with Gasteiger partial charge in [0.1, 0.15) is 6.61 Å². The van der Waals surface area contributed by atoms with E-state index in [0.717, 1.165) is 18.6 Å². The van der Waals surface area contributed by atoms with Crippen molar-refractivity contribution in [2.75, 3.05) is 6.61 Å². The van der Waals surface area contributed by atoms with Crippen LogP contribution in [0.1, 0.15) is 24.5 Å². The Labute approximate surface area is 91.7 Å². The topological polar surface area (TPSA) is 21.6 Å². The number of benzene rings is 1. The number of halogens is 3. The zero-order valence-electron chi connectivity index (χ0n) is 8.79. The van der Waals surface area contributed by atoms with Crippen LogP contribution in [0.25, 0.3) is 0 Å². The standard InChI is InChI=1S/C11H12F3NO/c1-2-6-16-15-8-9-4-3-5-10(7-9)11(12,13)14/h3-5,7-8H,2,6H2,1H3. The molecular weight excluding hydrogens is 219 g/mol. The van der Waals surface area contributed by atoms with E-state index in [9.17, 15) is 13.2 Å². The zero-order valence-corrected chi connectivity index (χ0v) is 8.79. The van der Waals surface area contributed by atoms with Gasteiger partial charge in [-0.25, -0.2) is 0 Å². The summed E-state index contributed by atoms with van der Waals surface area (Å²) in [7, 11) is 0. The number of hydrogen-bond donors (Lipinski definition) is 0. The van der Waals surface area contributed by atoms with Crippen LogP contribution in [0.3, 0.4) is 0 Å². The van der Waals surface area contributed by atoms with Crippen molar-refractivity contribution in [3.05, 3.63) is 35.4 Å². The van der Waals surface area contributed by atoms with Gasteiger partial charge in [0.25, 0.3) is 0 Å². The van der Waals surface area contributed by atoms with E-state index >= 15 is 0 Å². The predicted octanol–water partition coefficient (Wildman–Crippen LogP) is 3.47. The average molecular weight is 231 g/mol. The molecule has 0 fully saturated rings. The minimum Gasteiger partial charge on any atom is -0.396 e. The van der Waals surface area contributed by atoms with Crippen molar-refractivity contribution < 1.29 is 18.0 Å². The summed E-state index contributed by atoms with van der Waals surface area (Å²) in [4.78, 5) is 4.80. The molecule has 1 aromatic rings. The highest BCUT2D eigenvalue weighted by Gasteiger charge is 2.30. The van der Waals surface area contributed by atoms with Crippen LogP contribution in [0.2, 0.25) is 0 Å². The molecule has 0 amide bonds. The molecule has 0 aliphatic carbocycles. The summed E-state index contributed by atoms with van der Waals surface area (Å²) >= 11 is 0. The van der Waals surface area contributed by atoms with Crippen LogP contribution in [0.4, 0.5) is 13.2 Å². The van der Waals surface area contributed by atoms with Crippen molar-refractivity contribution in [2.45, 2.75) is 19.5 Å². The van der Waals surface area contributed by atoms with Gasteiger partial charge >= 0.3 is 6.18 Å². The fourth-order valence-electron chi connectivity index (χ4n) is 1.04. The molecule has 0 radical (unpaired) electrons. The second-order valence-electron chi connectivity index (χ2n) is 3.19. The van der Waals surface area contributed by atoms with Crippen molar-refractivity contribution in [3.8, 4) is 0 Å². The lowest BCUT2D eigenvalue weighted by Crippen LogP contribution is -2.05.